The van der Waals surface area contributed by atoms with E-state index in [0.29, 0.717) is 37.6 Å². The lowest BCUT2D eigenvalue weighted by molar-refractivity contribution is -0.140. The van der Waals surface area contributed by atoms with Crippen LogP contribution in [0.5, 0.6) is 0 Å². The SMILES string of the molecule is CC1CC(Cl)=CC=C1CO[C@@H]1C[C@@H](C(=O)NCc2ccc3[nH]nc(N)c3c2)N(C(=O)[C@@H](CCC2CCNCC2)NS(C)(=O)=O)C1. The number of aromatic amines is 1. The van der Waals surface area contributed by atoms with Crippen LogP contribution in [0.2, 0.25) is 0 Å². The summed E-state index contributed by atoms with van der Waals surface area (Å²) >= 11 is 6.19. The lowest BCUT2D eigenvalue weighted by Crippen LogP contribution is -2.53. The molecule has 1 aromatic carbocycles. The minimum atomic E-state index is -3.68. The summed E-state index contributed by atoms with van der Waals surface area (Å²) in [5.74, 6) is 0.270. The maximum Gasteiger partial charge on any atom is 0.243 e. The Hall–Kier alpha value is -2.97. The molecule has 0 radical (unpaired) electrons. The molecular formula is C31H44ClN7O5S. The summed E-state index contributed by atoms with van der Waals surface area (Å²) in [5.41, 5.74) is 8.68. The Kier molecular flexibility index (Phi) is 10.9. The van der Waals surface area contributed by atoms with Crippen LogP contribution < -0.4 is 21.1 Å². The molecule has 4 atom stereocenters. The van der Waals surface area contributed by atoms with Crippen LogP contribution in [0, 0.1) is 11.8 Å². The van der Waals surface area contributed by atoms with Gasteiger partial charge in [-0.05, 0) is 86.4 Å². The number of sulfonamides is 1. The summed E-state index contributed by atoms with van der Waals surface area (Å²) in [6.45, 7) is 4.67. The second-order valence-corrected chi connectivity index (χ2v) is 14.8. The van der Waals surface area contributed by atoms with Crippen molar-refractivity contribution in [1.82, 2.24) is 30.5 Å². The van der Waals surface area contributed by atoms with E-state index in [0.717, 1.165) is 65.7 Å². The van der Waals surface area contributed by atoms with Gasteiger partial charge in [-0.2, -0.15) is 5.10 Å². The molecule has 0 saturated carbocycles. The number of allylic oxidation sites excluding steroid dienone is 3. The molecule has 12 nitrogen and oxygen atoms in total. The van der Waals surface area contributed by atoms with E-state index in [4.69, 9.17) is 22.1 Å². The molecule has 2 amide bonds. The molecule has 6 N–H and O–H groups in total. The zero-order chi connectivity index (χ0) is 32.1. The highest BCUT2D eigenvalue weighted by Gasteiger charge is 2.43. The number of ether oxygens (including phenoxy) is 1. The van der Waals surface area contributed by atoms with E-state index in [1.165, 1.54) is 4.90 Å². The highest BCUT2D eigenvalue weighted by Crippen LogP contribution is 2.30. The number of amides is 2. The molecule has 45 heavy (non-hydrogen) atoms. The maximum atomic E-state index is 14.1. The molecule has 14 heteroatoms. The number of hydrogen-bond acceptors (Lipinski definition) is 8. The molecule has 5 rings (SSSR count). The van der Waals surface area contributed by atoms with Crippen LogP contribution in [0.25, 0.3) is 10.9 Å². The van der Waals surface area contributed by atoms with Crippen molar-refractivity contribution in [2.75, 3.05) is 38.2 Å². The van der Waals surface area contributed by atoms with E-state index in [9.17, 15) is 18.0 Å². The van der Waals surface area contributed by atoms with Gasteiger partial charge in [-0.3, -0.25) is 14.7 Å². The number of halogens is 1. The Balaban J connectivity index is 1.31. The average molecular weight is 662 g/mol. The summed E-state index contributed by atoms with van der Waals surface area (Å²) in [4.78, 5) is 29.3. The standard InChI is InChI=1S/C31H44ClN7O5S/c1-19-13-23(32)6-5-22(19)18-44-24-15-28(30(40)35-16-21-4-7-26-25(14-21)29(33)37-36-26)39(17-24)31(41)27(38-45(2,42)43)8-3-20-9-11-34-12-10-20/h4-7,14,19-20,24,27-28,34,38H,3,8-13,15-18H2,1-2H3,(H,35,40)(H3,33,36,37)/t19?,24-,27-,28+/m1/s1. The number of nitrogens with two attached hydrogens (primary N) is 1. The van der Waals surface area contributed by atoms with Gasteiger partial charge < -0.3 is 26.0 Å². The molecule has 2 fully saturated rings. The van der Waals surface area contributed by atoms with Crippen LogP contribution in [-0.2, 0) is 30.9 Å². The Bertz CT molecular complexity index is 1550. The van der Waals surface area contributed by atoms with Gasteiger partial charge in [-0.25, -0.2) is 13.1 Å². The number of likely N-dealkylation sites (tertiary alicyclic amines) is 1. The number of nitrogen functional groups attached to an aromatic ring is 1. The van der Waals surface area contributed by atoms with Gasteiger partial charge in [0.05, 0.1) is 24.5 Å². The van der Waals surface area contributed by atoms with Crippen LogP contribution >= 0.6 is 11.6 Å². The topological polar surface area (TPSA) is 172 Å². The molecule has 0 bridgehead atoms. The minimum absolute atomic E-state index is 0.183. The summed E-state index contributed by atoms with van der Waals surface area (Å²) in [7, 11) is -3.68. The van der Waals surface area contributed by atoms with Crippen LogP contribution in [0.4, 0.5) is 5.82 Å². The maximum absolute atomic E-state index is 14.1. The zero-order valence-electron chi connectivity index (χ0n) is 25.9. The summed E-state index contributed by atoms with van der Waals surface area (Å²) in [6, 6.07) is 3.80. The second kappa shape index (κ2) is 14.6. The van der Waals surface area contributed by atoms with Crippen LogP contribution in [-0.4, -0.2) is 86.0 Å². The van der Waals surface area contributed by atoms with Crippen LogP contribution in [0.3, 0.4) is 0 Å². The third kappa shape index (κ3) is 8.85. The number of anilines is 1. The first-order valence-corrected chi connectivity index (χ1v) is 17.9. The first kappa shape index (κ1) is 33.4. The quantitative estimate of drug-likeness (QED) is 0.231. The number of H-pyrrole nitrogens is 1. The lowest BCUT2D eigenvalue weighted by atomic mass is 9.91. The number of nitrogens with zero attached hydrogens (tertiary/aromatic N) is 2. The van der Waals surface area contributed by atoms with Crippen LogP contribution in [0.15, 0.2) is 41.0 Å². The fourth-order valence-corrected chi connectivity index (χ4v) is 7.46. The van der Waals surface area contributed by atoms with Crippen molar-refractivity contribution in [2.24, 2.45) is 11.8 Å². The lowest BCUT2D eigenvalue weighted by Gasteiger charge is -2.30. The number of rotatable bonds is 12. The Morgan fingerprint density at radius 2 is 2.02 bits per heavy atom. The fraction of sp³-hybridized carbons (Fsp3) is 0.581. The number of hydrogen-bond donors (Lipinski definition) is 5. The van der Waals surface area contributed by atoms with Crippen molar-refractivity contribution in [3.8, 4) is 0 Å². The number of carbonyl (C=O) groups excluding carboxylic acids is 2. The third-order valence-electron chi connectivity index (χ3n) is 9.05. The van der Waals surface area contributed by atoms with E-state index < -0.39 is 34.1 Å². The van der Waals surface area contributed by atoms with E-state index in [2.05, 4.69) is 32.5 Å². The van der Waals surface area contributed by atoms with E-state index >= 15 is 0 Å². The van der Waals surface area contributed by atoms with Gasteiger partial charge in [0, 0.05) is 29.9 Å². The third-order valence-corrected chi connectivity index (χ3v) is 10.0. The molecule has 2 aromatic rings. The smallest absolute Gasteiger partial charge is 0.243 e. The number of fused-ring (bicyclic) bond motifs is 1. The minimum Gasteiger partial charge on any atom is -0.382 e. The van der Waals surface area contributed by atoms with Crippen molar-refractivity contribution < 1.29 is 22.7 Å². The van der Waals surface area contributed by atoms with E-state index in [1.54, 1.807) is 0 Å². The molecule has 1 unspecified atom stereocenters. The van der Waals surface area contributed by atoms with Crippen LogP contribution in [0.1, 0.15) is 51.0 Å². The number of aromatic nitrogens is 2. The Morgan fingerprint density at radius 1 is 1.24 bits per heavy atom. The van der Waals surface area contributed by atoms with Crippen molar-refractivity contribution in [3.63, 3.8) is 0 Å². The zero-order valence-corrected chi connectivity index (χ0v) is 27.4. The molecule has 2 aliphatic heterocycles. The van der Waals surface area contributed by atoms with Crippen molar-refractivity contribution in [3.05, 3.63) is 46.5 Å². The predicted molar refractivity (Wildman–Crippen MR) is 175 cm³/mol. The summed E-state index contributed by atoms with van der Waals surface area (Å²) in [5, 5.41) is 14.7. The molecule has 3 aliphatic rings. The normalized spacial score (nSPS) is 23.5. The first-order chi connectivity index (χ1) is 21.5. The fourth-order valence-electron chi connectivity index (χ4n) is 6.43. The van der Waals surface area contributed by atoms with Gasteiger partial charge >= 0.3 is 0 Å². The second-order valence-electron chi connectivity index (χ2n) is 12.6. The number of piperidine rings is 1. The monoisotopic (exact) mass is 661 g/mol. The molecule has 1 aliphatic carbocycles. The highest BCUT2D eigenvalue weighted by atomic mass is 35.5. The predicted octanol–water partition coefficient (Wildman–Crippen LogP) is 2.53. The van der Waals surface area contributed by atoms with E-state index in [-0.39, 0.29) is 24.9 Å². The Labute approximate surface area is 269 Å². The van der Waals surface area contributed by atoms with Crippen molar-refractivity contribution in [2.45, 2.75) is 70.2 Å². The molecule has 1 aromatic heterocycles. The largest absolute Gasteiger partial charge is 0.382 e. The van der Waals surface area contributed by atoms with Gasteiger partial charge in [-0.15, -0.1) is 0 Å². The first-order valence-electron chi connectivity index (χ1n) is 15.6. The van der Waals surface area contributed by atoms with Crippen molar-refractivity contribution in [1.29, 1.82) is 0 Å². The van der Waals surface area contributed by atoms with Gasteiger partial charge in [0.2, 0.25) is 21.8 Å². The van der Waals surface area contributed by atoms with Crippen molar-refractivity contribution >= 4 is 50.2 Å². The van der Waals surface area contributed by atoms with Gasteiger partial charge in [0.1, 0.15) is 12.1 Å². The number of nitrogens with one attached hydrogen (secondary N) is 4. The van der Waals surface area contributed by atoms with E-state index in [1.807, 2.05) is 30.4 Å². The molecule has 246 valence electrons. The number of carbonyl (C=O) groups is 2. The van der Waals surface area contributed by atoms with Gasteiger partial charge in [0.15, 0.2) is 5.82 Å². The molecular weight excluding hydrogens is 618 g/mol. The molecule has 3 heterocycles. The highest BCUT2D eigenvalue weighted by molar-refractivity contribution is 7.88. The average Bonchev–Trinajstić information content (AvgIpc) is 3.60. The summed E-state index contributed by atoms with van der Waals surface area (Å²) in [6.07, 6.45) is 8.57. The number of benzene rings is 1. The Morgan fingerprint density at radius 3 is 2.76 bits per heavy atom. The van der Waals surface area contributed by atoms with Gasteiger partial charge in [-0.1, -0.05) is 30.7 Å². The molecule has 2 saturated heterocycles. The van der Waals surface area contributed by atoms with Gasteiger partial charge in [0.25, 0.3) is 0 Å². The summed E-state index contributed by atoms with van der Waals surface area (Å²) < 4.78 is 33.5. The molecule has 0 spiro atoms.